The molecule has 0 bridgehead atoms. The summed E-state index contributed by atoms with van der Waals surface area (Å²) >= 11 is 3.13. The molecule has 3 nitrogen and oxygen atoms in total. The number of nitrogens with zero attached hydrogens (tertiary/aromatic N) is 1. The molecule has 1 amide bonds. The van der Waals surface area contributed by atoms with E-state index in [4.69, 9.17) is 0 Å². The van der Waals surface area contributed by atoms with E-state index in [1.807, 2.05) is 5.38 Å². The largest absolute Gasteiger partial charge is 0.353 e. The van der Waals surface area contributed by atoms with Gasteiger partial charge in [0.2, 0.25) is 5.91 Å². The summed E-state index contributed by atoms with van der Waals surface area (Å²) in [5, 5.41) is 5.97. The van der Waals surface area contributed by atoms with Gasteiger partial charge in [-0.25, -0.2) is 9.37 Å². The molecule has 0 radical (unpaired) electrons. The molecule has 2 aromatic rings. The summed E-state index contributed by atoms with van der Waals surface area (Å²) in [6.45, 7) is 0. The molecule has 6 heteroatoms. The lowest BCUT2D eigenvalue weighted by Crippen LogP contribution is -2.33. The molecule has 1 N–H and O–H groups in total. The Bertz CT molecular complexity index is 651. The Morgan fingerprint density at radius 1 is 1.30 bits per heavy atom. The number of hydrogen-bond acceptors (Lipinski definition) is 4. The predicted octanol–water partition coefficient (Wildman–Crippen LogP) is 4.24. The van der Waals surface area contributed by atoms with Gasteiger partial charge >= 0.3 is 0 Å². The van der Waals surface area contributed by atoms with Crippen LogP contribution in [0, 0.1) is 5.82 Å². The van der Waals surface area contributed by atoms with E-state index in [1.165, 1.54) is 25.0 Å². The molecule has 1 aromatic heterocycles. The van der Waals surface area contributed by atoms with E-state index < -0.39 is 0 Å². The number of aromatic nitrogens is 1. The Balaban J connectivity index is 1.45. The van der Waals surface area contributed by atoms with Crippen molar-refractivity contribution < 1.29 is 9.18 Å². The van der Waals surface area contributed by atoms with Crippen molar-refractivity contribution in [3.63, 3.8) is 0 Å². The molecule has 0 unspecified atom stereocenters. The standard InChI is InChI=1S/C17H19FN2OS2/c18-13-7-5-12(6-8-13)17-20-15(10-23-17)9-22-11-16(21)19-14-3-1-2-4-14/h5-8,10,14H,1-4,9,11H2,(H,19,21). The molecule has 3 rings (SSSR count). The Morgan fingerprint density at radius 2 is 2.04 bits per heavy atom. The number of thioether (sulfide) groups is 1. The lowest BCUT2D eigenvalue weighted by Gasteiger charge is -2.11. The zero-order valence-electron chi connectivity index (χ0n) is 12.8. The van der Waals surface area contributed by atoms with Crippen molar-refractivity contribution in [2.75, 3.05) is 5.75 Å². The summed E-state index contributed by atoms with van der Waals surface area (Å²) in [7, 11) is 0. The summed E-state index contributed by atoms with van der Waals surface area (Å²) in [5.74, 6) is 1.07. The highest BCUT2D eigenvalue weighted by Gasteiger charge is 2.16. The smallest absolute Gasteiger partial charge is 0.230 e. The molecule has 1 fully saturated rings. The quantitative estimate of drug-likeness (QED) is 0.847. The van der Waals surface area contributed by atoms with Crippen molar-refractivity contribution >= 4 is 29.0 Å². The number of rotatable bonds is 6. The Hall–Kier alpha value is -1.40. The minimum atomic E-state index is -0.241. The number of halogens is 1. The average molecular weight is 350 g/mol. The van der Waals surface area contributed by atoms with E-state index in [2.05, 4.69) is 10.3 Å². The zero-order valence-corrected chi connectivity index (χ0v) is 14.4. The van der Waals surface area contributed by atoms with Crippen LogP contribution >= 0.6 is 23.1 Å². The first kappa shape index (κ1) is 16.5. The van der Waals surface area contributed by atoms with Gasteiger partial charge in [-0.2, -0.15) is 0 Å². The van der Waals surface area contributed by atoms with Crippen LogP contribution < -0.4 is 5.32 Å². The third-order valence-corrected chi connectivity index (χ3v) is 5.75. The maximum atomic E-state index is 12.9. The molecule has 1 saturated carbocycles. The van der Waals surface area contributed by atoms with Crippen molar-refractivity contribution in [3.05, 3.63) is 41.2 Å². The van der Waals surface area contributed by atoms with E-state index in [-0.39, 0.29) is 11.7 Å². The molecule has 0 atom stereocenters. The maximum Gasteiger partial charge on any atom is 0.230 e. The molecule has 0 aliphatic heterocycles. The highest BCUT2D eigenvalue weighted by molar-refractivity contribution is 7.99. The van der Waals surface area contributed by atoms with Crippen LogP contribution in [0.4, 0.5) is 4.39 Å². The van der Waals surface area contributed by atoms with Crippen LogP contribution in [0.15, 0.2) is 29.6 Å². The predicted molar refractivity (Wildman–Crippen MR) is 94.1 cm³/mol. The highest BCUT2D eigenvalue weighted by Crippen LogP contribution is 2.25. The van der Waals surface area contributed by atoms with Crippen LogP contribution in [0.5, 0.6) is 0 Å². The van der Waals surface area contributed by atoms with Gasteiger partial charge in [0.15, 0.2) is 0 Å². The van der Waals surface area contributed by atoms with Crippen molar-refractivity contribution in [3.8, 4) is 10.6 Å². The molecule has 1 aliphatic rings. The molecule has 122 valence electrons. The van der Waals surface area contributed by atoms with Crippen LogP contribution in [0.25, 0.3) is 10.6 Å². The SMILES string of the molecule is O=C(CSCc1csc(-c2ccc(F)cc2)n1)NC1CCCC1. The fraction of sp³-hybridized carbons (Fsp3) is 0.412. The van der Waals surface area contributed by atoms with Gasteiger partial charge in [-0.15, -0.1) is 23.1 Å². The lowest BCUT2D eigenvalue weighted by molar-refractivity contribution is -0.119. The Morgan fingerprint density at radius 3 is 2.78 bits per heavy atom. The molecule has 1 aliphatic carbocycles. The van der Waals surface area contributed by atoms with Gasteiger partial charge in [-0.05, 0) is 37.1 Å². The Labute approximate surface area is 143 Å². The third kappa shape index (κ3) is 4.78. The second kappa shape index (κ2) is 7.93. The van der Waals surface area contributed by atoms with Gasteiger partial charge in [0, 0.05) is 22.7 Å². The van der Waals surface area contributed by atoms with Gasteiger partial charge in [-0.3, -0.25) is 4.79 Å². The minimum absolute atomic E-state index is 0.121. The number of hydrogen-bond donors (Lipinski definition) is 1. The van der Waals surface area contributed by atoms with Crippen LogP contribution in [-0.4, -0.2) is 22.7 Å². The van der Waals surface area contributed by atoms with Crippen molar-refractivity contribution in [1.29, 1.82) is 0 Å². The van der Waals surface area contributed by atoms with E-state index in [0.717, 1.165) is 34.9 Å². The first-order valence-electron chi connectivity index (χ1n) is 7.78. The lowest BCUT2D eigenvalue weighted by atomic mass is 10.2. The van der Waals surface area contributed by atoms with Crippen molar-refractivity contribution in [1.82, 2.24) is 10.3 Å². The second-order valence-electron chi connectivity index (χ2n) is 5.69. The number of benzene rings is 1. The van der Waals surface area contributed by atoms with E-state index in [9.17, 15) is 9.18 Å². The molecule has 1 aromatic carbocycles. The first-order valence-corrected chi connectivity index (χ1v) is 9.81. The van der Waals surface area contributed by atoms with Gasteiger partial charge in [-0.1, -0.05) is 12.8 Å². The van der Waals surface area contributed by atoms with Gasteiger partial charge < -0.3 is 5.32 Å². The fourth-order valence-corrected chi connectivity index (χ4v) is 4.35. The first-order chi connectivity index (χ1) is 11.2. The Kier molecular flexibility index (Phi) is 5.67. The molecule has 1 heterocycles. The van der Waals surface area contributed by atoms with Crippen molar-refractivity contribution in [2.45, 2.75) is 37.5 Å². The van der Waals surface area contributed by atoms with E-state index in [0.29, 0.717) is 11.8 Å². The van der Waals surface area contributed by atoms with Crippen LogP contribution in [0.3, 0.4) is 0 Å². The van der Waals surface area contributed by atoms with Crippen LogP contribution in [0.2, 0.25) is 0 Å². The zero-order chi connectivity index (χ0) is 16.1. The maximum absolute atomic E-state index is 12.9. The van der Waals surface area contributed by atoms with Gasteiger partial charge in [0.1, 0.15) is 10.8 Å². The van der Waals surface area contributed by atoms with E-state index in [1.54, 1.807) is 35.2 Å². The number of carbonyl (C=O) groups excluding carboxylic acids is 1. The summed E-state index contributed by atoms with van der Waals surface area (Å²) in [5.41, 5.74) is 1.89. The topological polar surface area (TPSA) is 42.0 Å². The second-order valence-corrected chi connectivity index (χ2v) is 7.54. The third-order valence-electron chi connectivity index (χ3n) is 3.85. The molecular formula is C17H19FN2OS2. The van der Waals surface area contributed by atoms with Crippen LogP contribution in [0.1, 0.15) is 31.4 Å². The molecule has 23 heavy (non-hydrogen) atoms. The van der Waals surface area contributed by atoms with E-state index >= 15 is 0 Å². The van der Waals surface area contributed by atoms with Gasteiger partial charge in [0.25, 0.3) is 0 Å². The monoisotopic (exact) mass is 350 g/mol. The highest BCUT2D eigenvalue weighted by atomic mass is 32.2. The summed E-state index contributed by atoms with van der Waals surface area (Å²) in [6.07, 6.45) is 4.68. The number of amides is 1. The van der Waals surface area contributed by atoms with Crippen molar-refractivity contribution in [2.24, 2.45) is 0 Å². The van der Waals surface area contributed by atoms with Crippen LogP contribution in [-0.2, 0) is 10.5 Å². The molecule has 0 spiro atoms. The average Bonchev–Trinajstić information content (AvgIpc) is 3.20. The summed E-state index contributed by atoms with van der Waals surface area (Å²) in [4.78, 5) is 16.4. The number of thiazole rings is 1. The summed E-state index contributed by atoms with van der Waals surface area (Å²) < 4.78 is 12.9. The number of nitrogens with one attached hydrogen (secondary N) is 1. The number of carbonyl (C=O) groups is 1. The minimum Gasteiger partial charge on any atom is -0.353 e. The normalized spacial score (nSPS) is 15.0. The molecular weight excluding hydrogens is 331 g/mol. The van der Waals surface area contributed by atoms with Gasteiger partial charge in [0.05, 0.1) is 11.4 Å². The molecule has 0 saturated heterocycles. The summed E-state index contributed by atoms with van der Waals surface area (Å²) in [6, 6.07) is 6.74. The fourth-order valence-electron chi connectivity index (χ4n) is 2.69.